The maximum absolute atomic E-state index is 12.3. The zero-order valence-electron chi connectivity index (χ0n) is 10.1. The van der Waals surface area contributed by atoms with Crippen molar-refractivity contribution in [2.75, 3.05) is 0 Å². The highest BCUT2D eigenvalue weighted by Crippen LogP contribution is 2.49. The van der Waals surface area contributed by atoms with E-state index in [1.807, 2.05) is 0 Å². The summed E-state index contributed by atoms with van der Waals surface area (Å²) in [5.41, 5.74) is 0. The number of phosphoric ester groups is 1. The van der Waals surface area contributed by atoms with Crippen molar-refractivity contribution in [3.63, 3.8) is 0 Å². The Hall–Kier alpha value is -1.82. The average Bonchev–Trinajstić information content (AvgIpc) is 2.39. The van der Waals surface area contributed by atoms with Crippen molar-refractivity contribution in [3.8, 4) is 11.5 Å². The molecule has 2 rings (SSSR count). The fourth-order valence-electron chi connectivity index (χ4n) is 1.35. The van der Waals surface area contributed by atoms with Crippen molar-refractivity contribution in [1.29, 1.82) is 0 Å². The Morgan fingerprint density at radius 2 is 1.15 bits per heavy atom. The number of hydrogen-bond acceptors (Lipinski definition) is 6. The first-order chi connectivity index (χ1) is 9.57. The van der Waals surface area contributed by atoms with Gasteiger partial charge < -0.3 is 9.05 Å². The van der Waals surface area contributed by atoms with E-state index in [1.165, 1.54) is 24.3 Å². The van der Waals surface area contributed by atoms with Crippen molar-refractivity contribution in [1.82, 2.24) is 0 Å². The molecule has 0 fully saturated rings. The van der Waals surface area contributed by atoms with Crippen molar-refractivity contribution >= 4 is 18.8 Å². The predicted molar refractivity (Wildman–Crippen MR) is 73.1 cm³/mol. The lowest BCUT2D eigenvalue weighted by molar-refractivity contribution is 0.304. The molecule has 6 nitrogen and oxygen atoms in total. The second-order valence-corrected chi connectivity index (χ2v) is 5.92. The lowest BCUT2D eigenvalue weighted by atomic mass is 10.3. The zero-order valence-corrected chi connectivity index (χ0v) is 11.9. The Morgan fingerprint density at radius 1 is 0.750 bits per heavy atom. The Bertz CT molecular complexity index is 617. The molecule has 0 aliphatic heterocycles. The van der Waals surface area contributed by atoms with Crippen LogP contribution in [0, 0.1) is 0 Å². The van der Waals surface area contributed by atoms with Gasteiger partial charge in [0.25, 0.3) is 11.0 Å². The third kappa shape index (κ3) is 4.38. The molecule has 0 bridgehead atoms. The molecule has 0 N–H and O–H groups in total. The number of thiol groups is 1. The van der Waals surface area contributed by atoms with Crippen LogP contribution >= 0.6 is 7.82 Å². The van der Waals surface area contributed by atoms with E-state index in [4.69, 9.17) is 9.05 Å². The van der Waals surface area contributed by atoms with Gasteiger partial charge >= 0.3 is 7.82 Å². The van der Waals surface area contributed by atoms with Crippen LogP contribution in [0.25, 0.3) is 0 Å². The summed E-state index contributed by atoms with van der Waals surface area (Å²) in [5.74, 6) is 0.340. The summed E-state index contributed by atoms with van der Waals surface area (Å²) in [6.07, 6.45) is 0. The first-order valence-corrected chi connectivity index (χ1v) is 8.06. The zero-order chi connectivity index (χ0) is 14.4. The summed E-state index contributed by atoms with van der Waals surface area (Å²) in [7, 11) is -7.71. The monoisotopic (exact) mass is 314 g/mol. The average molecular weight is 314 g/mol. The number of benzene rings is 2. The van der Waals surface area contributed by atoms with Crippen molar-refractivity contribution in [3.05, 3.63) is 60.7 Å². The van der Waals surface area contributed by atoms with Gasteiger partial charge in [-0.25, -0.2) is 13.0 Å². The van der Waals surface area contributed by atoms with Gasteiger partial charge in [0, 0.05) is 0 Å². The van der Waals surface area contributed by atoms with Crippen LogP contribution in [0.1, 0.15) is 0 Å². The summed E-state index contributed by atoms with van der Waals surface area (Å²) in [6, 6.07) is 16.0. The molecule has 2 aromatic carbocycles. The quantitative estimate of drug-likeness (QED) is 0.652. The smallest absolute Gasteiger partial charge is 0.394 e. The lowest BCUT2D eigenvalue weighted by Crippen LogP contribution is -2.04. The molecule has 20 heavy (non-hydrogen) atoms. The molecule has 0 amide bonds. The minimum Gasteiger partial charge on any atom is -0.394 e. The largest absolute Gasteiger partial charge is 0.602 e. The molecule has 0 radical (unpaired) electrons. The highest BCUT2D eigenvalue weighted by atomic mass is 32.2. The van der Waals surface area contributed by atoms with E-state index >= 15 is 0 Å². The highest BCUT2D eigenvalue weighted by molar-refractivity contribution is 7.74. The molecule has 0 aliphatic carbocycles. The van der Waals surface area contributed by atoms with Crippen LogP contribution in [0.5, 0.6) is 11.5 Å². The fraction of sp³-hybridized carbons (Fsp3) is 0. The Balaban J connectivity index is 2.24. The van der Waals surface area contributed by atoms with Gasteiger partial charge in [-0.1, -0.05) is 36.4 Å². The van der Waals surface area contributed by atoms with E-state index in [-0.39, 0.29) is 11.5 Å². The standard InChI is InChI=1S/C12H11O6PS/c13-19(18-20(14)15,16-11-7-3-1-4-8-11)17-12-9-5-2-6-10-12/h1-10,20H. The Labute approximate surface area is 117 Å². The van der Waals surface area contributed by atoms with Gasteiger partial charge in [0.2, 0.25) is 0 Å². The number of para-hydroxylation sites is 2. The van der Waals surface area contributed by atoms with Crippen molar-refractivity contribution < 1.29 is 26.0 Å². The van der Waals surface area contributed by atoms with Crippen molar-refractivity contribution in [2.24, 2.45) is 0 Å². The van der Waals surface area contributed by atoms with Gasteiger partial charge in [-0.3, -0.25) is 0 Å². The molecule has 0 saturated heterocycles. The van der Waals surface area contributed by atoms with Gasteiger partial charge in [0.05, 0.1) is 0 Å². The molecule has 0 unspecified atom stereocenters. The predicted octanol–water partition coefficient (Wildman–Crippen LogP) is 2.80. The summed E-state index contributed by atoms with van der Waals surface area (Å²) >= 11 is 0. The number of phosphoric acid groups is 1. The van der Waals surface area contributed by atoms with E-state index in [0.717, 1.165) is 0 Å². The van der Waals surface area contributed by atoms with Gasteiger partial charge in [0.15, 0.2) is 0 Å². The molecular formula is C12H11O6PS. The van der Waals surface area contributed by atoms with E-state index in [0.29, 0.717) is 0 Å². The SMILES string of the molecule is O=[SH](=O)OP(=O)(Oc1ccccc1)Oc1ccccc1. The van der Waals surface area contributed by atoms with Gasteiger partial charge in [-0.05, 0) is 24.3 Å². The first kappa shape index (κ1) is 14.6. The van der Waals surface area contributed by atoms with Crippen molar-refractivity contribution in [2.45, 2.75) is 0 Å². The molecule has 106 valence electrons. The topological polar surface area (TPSA) is 78.9 Å². The van der Waals surface area contributed by atoms with Crippen LogP contribution in [-0.4, -0.2) is 8.42 Å². The molecular weight excluding hydrogens is 303 g/mol. The second kappa shape index (κ2) is 6.56. The van der Waals surface area contributed by atoms with Gasteiger partial charge in [-0.15, -0.1) is 3.97 Å². The maximum atomic E-state index is 12.3. The van der Waals surface area contributed by atoms with E-state index < -0.39 is 18.8 Å². The fourth-order valence-corrected chi connectivity index (χ4v) is 3.07. The molecule has 0 aliphatic rings. The molecule has 0 atom stereocenters. The summed E-state index contributed by atoms with van der Waals surface area (Å²) in [4.78, 5) is 0. The maximum Gasteiger partial charge on any atom is 0.602 e. The molecule has 0 spiro atoms. The van der Waals surface area contributed by atoms with Crippen LogP contribution in [0.15, 0.2) is 60.7 Å². The summed E-state index contributed by atoms with van der Waals surface area (Å²) in [5, 5.41) is 0. The third-order valence-corrected chi connectivity index (χ3v) is 4.29. The Morgan fingerprint density at radius 3 is 1.50 bits per heavy atom. The van der Waals surface area contributed by atoms with Crippen LogP contribution in [0.2, 0.25) is 0 Å². The number of hydrogen-bond donors (Lipinski definition) is 1. The molecule has 0 heterocycles. The van der Waals surface area contributed by atoms with Gasteiger partial charge in [-0.2, -0.15) is 0 Å². The van der Waals surface area contributed by atoms with E-state index in [1.54, 1.807) is 36.4 Å². The highest BCUT2D eigenvalue weighted by Gasteiger charge is 2.32. The molecule has 2 aromatic rings. The third-order valence-electron chi connectivity index (χ3n) is 2.09. The second-order valence-electron chi connectivity index (χ2n) is 3.56. The number of rotatable bonds is 6. The molecule has 0 aromatic heterocycles. The van der Waals surface area contributed by atoms with Crippen LogP contribution in [-0.2, 0) is 19.5 Å². The Kier molecular flexibility index (Phi) is 4.79. The minimum absolute atomic E-state index is 0.170. The van der Waals surface area contributed by atoms with Crippen LogP contribution in [0.4, 0.5) is 0 Å². The van der Waals surface area contributed by atoms with Crippen LogP contribution < -0.4 is 9.05 Å². The summed E-state index contributed by atoms with van der Waals surface area (Å²) in [6.45, 7) is 0. The first-order valence-electron chi connectivity index (χ1n) is 5.51. The normalized spacial score (nSPS) is 11.2. The molecule has 0 saturated carbocycles. The van der Waals surface area contributed by atoms with Gasteiger partial charge in [0.1, 0.15) is 11.5 Å². The van der Waals surface area contributed by atoms with E-state index in [9.17, 15) is 13.0 Å². The summed E-state index contributed by atoms with van der Waals surface area (Å²) < 4.78 is 48.1. The molecule has 8 heteroatoms. The minimum atomic E-state index is -4.32. The van der Waals surface area contributed by atoms with E-state index in [2.05, 4.69) is 3.97 Å². The lowest BCUT2D eigenvalue weighted by Gasteiger charge is -2.15. The van der Waals surface area contributed by atoms with Crippen LogP contribution in [0.3, 0.4) is 0 Å².